The highest BCUT2D eigenvalue weighted by molar-refractivity contribution is 6.30. The van der Waals surface area contributed by atoms with Crippen LogP contribution >= 0.6 is 11.6 Å². The van der Waals surface area contributed by atoms with Crippen LogP contribution in [0, 0.1) is 0 Å². The van der Waals surface area contributed by atoms with E-state index in [9.17, 15) is 9.59 Å². The molecule has 0 spiro atoms. The van der Waals surface area contributed by atoms with Crippen molar-refractivity contribution in [3.05, 3.63) is 33.2 Å². The summed E-state index contributed by atoms with van der Waals surface area (Å²) in [6.45, 7) is 2.01. The summed E-state index contributed by atoms with van der Waals surface area (Å²) in [6.07, 6.45) is 2.77. The van der Waals surface area contributed by atoms with Crippen molar-refractivity contribution in [2.24, 2.45) is 0 Å². The van der Waals surface area contributed by atoms with Crippen LogP contribution in [-0.2, 0) is 16.0 Å². The highest BCUT2D eigenvalue weighted by Gasteiger charge is 2.09. The van der Waals surface area contributed by atoms with Crippen molar-refractivity contribution in [2.45, 2.75) is 13.3 Å². The Hall–Kier alpha value is -1.29. The lowest BCUT2D eigenvalue weighted by atomic mass is 10.2. The molecule has 4 nitrogen and oxygen atoms in total. The summed E-state index contributed by atoms with van der Waals surface area (Å²) in [5.74, 6) is -0.430. The highest BCUT2D eigenvalue weighted by atomic mass is 35.5. The van der Waals surface area contributed by atoms with Gasteiger partial charge in [-0.3, -0.25) is 9.59 Å². The molecule has 0 amide bonds. The largest absolute Gasteiger partial charge is 0.466 e. The molecule has 0 saturated heterocycles. The van der Waals surface area contributed by atoms with E-state index >= 15 is 0 Å². The molecule has 0 atom stereocenters. The highest BCUT2D eigenvalue weighted by Crippen LogP contribution is 2.01. The maximum absolute atomic E-state index is 11.3. The Labute approximate surface area is 85.9 Å². The molecule has 5 heteroatoms. The molecule has 0 saturated carbocycles. The third-order valence-electron chi connectivity index (χ3n) is 1.62. The second kappa shape index (κ2) is 4.81. The maximum atomic E-state index is 11.3. The predicted octanol–water partition coefficient (Wildman–Crippen LogP) is 1.13. The molecule has 0 aliphatic carbocycles. The lowest BCUT2D eigenvalue weighted by Gasteiger charge is -2.01. The second-order valence-electron chi connectivity index (χ2n) is 2.64. The first-order valence-electron chi connectivity index (χ1n) is 4.16. The van der Waals surface area contributed by atoms with Gasteiger partial charge in [-0.2, -0.15) is 0 Å². The maximum Gasteiger partial charge on any atom is 0.310 e. The topological polar surface area (TPSA) is 59.2 Å². The van der Waals surface area contributed by atoms with E-state index in [1.54, 1.807) is 6.92 Å². The van der Waals surface area contributed by atoms with Gasteiger partial charge in [0.05, 0.1) is 13.0 Å². The van der Waals surface area contributed by atoms with Crippen LogP contribution in [0.15, 0.2) is 17.2 Å². The van der Waals surface area contributed by atoms with Crippen molar-refractivity contribution in [1.29, 1.82) is 0 Å². The summed E-state index contributed by atoms with van der Waals surface area (Å²) in [5.41, 5.74) is -0.0191. The molecular weight excluding hydrogens is 206 g/mol. The number of esters is 1. The van der Waals surface area contributed by atoms with Crippen LogP contribution in [0.5, 0.6) is 0 Å². The Bertz CT molecular complexity index is 386. The van der Waals surface area contributed by atoms with Gasteiger partial charge in [-0.15, -0.1) is 0 Å². The zero-order chi connectivity index (χ0) is 10.6. The lowest BCUT2D eigenvalue weighted by molar-refractivity contribution is -0.142. The smallest absolute Gasteiger partial charge is 0.310 e. The van der Waals surface area contributed by atoms with Crippen molar-refractivity contribution in [2.75, 3.05) is 6.61 Å². The van der Waals surface area contributed by atoms with Gasteiger partial charge in [-0.25, -0.2) is 0 Å². The number of hydrogen-bond acceptors (Lipinski definition) is 3. The Morgan fingerprint density at radius 3 is 2.93 bits per heavy atom. The Morgan fingerprint density at radius 1 is 1.57 bits per heavy atom. The summed E-state index contributed by atoms with van der Waals surface area (Å²) >= 11 is 5.58. The molecule has 0 radical (unpaired) electrons. The van der Waals surface area contributed by atoms with E-state index in [1.165, 1.54) is 12.4 Å². The average molecular weight is 216 g/mol. The van der Waals surface area contributed by atoms with Crippen LogP contribution in [0.25, 0.3) is 0 Å². The van der Waals surface area contributed by atoms with Crippen LogP contribution in [0.4, 0.5) is 0 Å². The normalized spacial score (nSPS) is 9.86. The zero-order valence-corrected chi connectivity index (χ0v) is 8.43. The number of pyridine rings is 1. The second-order valence-corrected chi connectivity index (χ2v) is 3.05. The molecule has 0 aliphatic rings. The Kier molecular flexibility index (Phi) is 3.71. The fourth-order valence-corrected chi connectivity index (χ4v) is 1.18. The number of aromatic nitrogens is 1. The van der Waals surface area contributed by atoms with Gasteiger partial charge in [0.2, 0.25) is 5.43 Å². The van der Waals surface area contributed by atoms with Gasteiger partial charge in [-0.05, 0) is 6.92 Å². The molecule has 1 aromatic rings. The minimum atomic E-state index is -0.430. The van der Waals surface area contributed by atoms with E-state index in [0.717, 1.165) is 0 Å². The predicted molar refractivity (Wildman–Crippen MR) is 52.4 cm³/mol. The van der Waals surface area contributed by atoms with Gasteiger partial charge < -0.3 is 9.72 Å². The molecule has 14 heavy (non-hydrogen) atoms. The zero-order valence-electron chi connectivity index (χ0n) is 7.67. The van der Waals surface area contributed by atoms with E-state index in [2.05, 4.69) is 4.98 Å². The molecular formula is C9H10ClNO3. The van der Waals surface area contributed by atoms with E-state index < -0.39 is 5.97 Å². The van der Waals surface area contributed by atoms with Gasteiger partial charge in [-0.1, -0.05) is 11.6 Å². The number of nitrogens with one attached hydrogen (secondary N) is 1. The van der Waals surface area contributed by atoms with Gasteiger partial charge >= 0.3 is 5.97 Å². The number of rotatable bonds is 3. The number of carbonyl (C=O) groups excluding carboxylic acids is 1. The molecule has 76 valence electrons. The molecule has 0 fully saturated rings. The van der Waals surface area contributed by atoms with E-state index in [1.807, 2.05) is 0 Å². The first-order valence-corrected chi connectivity index (χ1v) is 4.54. The minimum Gasteiger partial charge on any atom is -0.466 e. The third kappa shape index (κ3) is 2.60. The SMILES string of the molecule is CCOC(=O)Cc1c[nH]cc(Cl)c1=O. The fourth-order valence-electron chi connectivity index (χ4n) is 0.999. The quantitative estimate of drug-likeness (QED) is 0.770. The van der Waals surface area contributed by atoms with Crippen LogP contribution in [0.3, 0.4) is 0 Å². The van der Waals surface area contributed by atoms with Crippen molar-refractivity contribution in [1.82, 2.24) is 4.98 Å². The molecule has 0 aliphatic heterocycles. The molecule has 0 unspecified atom stereocenters. The first-order chi connectivity index (χ1) is 6.65. The molecule has 1 aromatic heterocycles. The summed E-state index contributed by atoms with van der Waals surface area (Å²) in [5, 5.41) is 0.0757. The number of hydrogen-bond donors (Lipinski definition) is 1. The standard InChI is InChI=1S/C9H10ClNO3/c1-2-14-8(12)3-6-4-11-5-7(10)9(6)13/h4-5H,2-3H2,1H3,(H,11,13). The third-order valence-corrected chi connectivity index (χ3v) is 1.90. The van der Waals surface area contributed by atoms with Crippen LogP contribution < -0.4 is 5.43 Å². The minimum absolute atomic E-state index is 0.0519. The van der Waals surface area contributed by atoms with Crippen molar-refractivity contribution < 1.29 is 9.53 Å². The van der Waals surface area contributed by atoms with Gasteiger partial charge in [0.15, 0.2) is 0 Å². The molecule has 1 N–H and O–H groups in total. The van der Waals surface area contributed by atoms with E-state index in [-0.39, 0.29) is 16.9 Å². The number of H-pyrrole nitrogens is 1. The van der Waals surface area contributed by atoms with Crippen molar-refractivity contribution in [3.63, 3.8) is 0 Å². The Balaban J connectivity index is 2.82. The monoisotopic (exact) mass is 215 g/mol. The molecule has 1 rings (SSSR count). The van der Waals surface area contributed by atoms with Crippen LogP contribution in [-0.4, -0.2) is 17.6 Å². The van der Waals surface area contributed by atoms with Crippen molar-refractivity contribution >= 4 is 17.6 Å². The lowest BCUT2D eigenvalue weighted by Crippen LogP contribution is -2.16. The van der Waals surface area contributed by atoms with Gasteiger partial charge in [0.25, 0.3) is 0 Å². The number of aromatic amines is 1. The number of halogens is 1. The van der Waals surface area contributed by atoms with Gasteiger partial charge in [0, 0.05) is 18.0 Å². The fraction of sp³-hybridized carbons (Fsp3) is 0.333. The number of ether oxygens (including phenoxy) is 1. The van der Waals surface area contributed by atoms with E-state index in [4.69, 9.17) is 16.3 Å². The van der Waals surface area contributed by atoms with Crippen LogP contribution in [0.1, 0.15) is 12.5 Å². The van der Waals surface area contributed by atoms with E-state index in [0.29, 0.717) is 12.2 Å². The average Bonchev–Trinajstić information content (AvgIpc) is 2.13. The number of carbonyl (C=O) groups is 1. The summed E-state index contributed by atoms with van der Waals surface area (Å²) in [7, 11) is 0. The van der Waals surface area contributed by atoms with Crippen molar-refractivity contribution in [3.8, 4) is 0 Å². The summed E-state index contributed by atoms with van der Waals surface area (Å²) in [4.78, 5) is 25.1. The molecule has 1 heterocycles. The summed E-state index contributed by atoms with van der Waals surface area (Å²) in [6, 6.07) is 0. The van der Waals surface area contributed by atoms with Crippen LogP contribution in [0.2, 0.25) is 5.02 Å². The molecule has 0 bridgehead atoms. The molecule has 0 aromatic carbocycles. The first kappa shape index (κ1) is 10.8. The van der Waals surface area contributed by atoms with Gasteiger partial charge in [0.1, 0.15) is 5.02 Å². The summed E-state index contributed by atoms with van der Waals surface area (Å²) < 4.78 is 4.71. The Morgan fingerprint density at radius 2 is 2.29 bits per heavy atom.